The Morgan fingerprint density at radius 2 is 2.33 bits per heavy atom. The van der Waals surface area contributed by atoms with Crippen molar-refractivity contribution in [3.8, 4) is 0 Å². The Balaban J connectivity index is 2.50. The van der Waals surface area contributed by atoms with Crippen LogP contribution in [0.4, 0.5) is 0 Å². The van der Waals surface area contributed by atoms with Gasteiger partial charge in [0, 0.05) is 18.6 Å². The quantitative estimate of drug-likeness (QED) is 0.714. The Bertz CT molecular complexity index is 207. The van der Waals surface area contributed by atoms with Crippen molar-refractivity contribution in [2.45, 2.75) is 44.7 Å². The van der Waals surface area contributed by atoms with E-state index in [-0.39, 0.29) is 12.5 Å². The molecule has 0 aromatic carbocycles. The van der Waals surface area contributed by atoms with Gasteiger partial charge < -0.3 is 10.4 Å². The number of hydrogen-bond acceptors (Lipinski definition) is 3. The second-order valence-corrected chi connectivity index (χ2v) is 4.39. The second kappa shape index (κ2) is 6.08. The molecule has 1 aliphatic rings. The first-order valence-corrected chi connectivity index (χ1v) is 5.77. The van der Waals surface area contributed by atoms with Crippen LogP contribution in [0.15, 0.2) is 0 Å². The van der Waals surface area contributed by atoms with E-state index < -0.39 is 5.97 Å². The molecule has 1 rings (SSSR count). The highest BCUT2D eigenvalue weighted by molar-refractivity contribution is 5.67. The zero-order valence-corrected chi connectivity index (χ0v) is 9.70. The molecule has 15 heavy (non-hydrogen) atoms. The number of likely N-dealkylation sites (N-methyl/N-ethyl adjacent to an activating group) is 1. The van der Waals surface area contributed by atoms with Gasteiger partial charge in [0.1, 0.15) is 0 Å². The van der Waals surface area contributed by atoms with Crippen molar-refractivity contribution in [2.24, 2.45) is 0 Å². The Morgan fingerprint density at radius 3 is 2.93 bits per heavy atom. The summed E-state index contributed by atoms with van der Waals surface area (Å²) in [6, 6.07) is 0.666. The van der Waals surface area contributed by atoms with Crippen LogP contribution in [0.1, 0.15) is 32.6 Å². The molecule has 0 aromatic heterocycles. The van der Waals surface area contributed by atoms with Crippen LogP contribution in [0.3, 0.4) is 0 Å². The summed E-state index contributed by atoms with van der Waals surface area (Å²) in [6.45, 7) is 4.02. The van der Waals surface area contributed by atoms with Crippen molar-refractivity contribution in [3.05, 3.63) is 0 Å². The van der Waals surface area contributed by atoms with E-state index in [0.29, 0.717) is 6.04 Å². The van der Waals surface area contributed by atoms with Crippen LogP contribution in [0.2, 0.25) is 0 Å². The highest BCUT2D eigenvalue weighted by atomic mass is 16.4. The van der Waals surface area contributed by atoms with Gasteiger partial charge in [0.05, 0.1) is 6.42 Å². The van der Waals surface area contributed by atoms with Crippen LogP contribution in [0.25, 0.3) is 0 Å². The first kappa shape index (κ1) is 12.5. The molecule has 88 valence electrons. The molecule has 1 saturated heterocycles. The van der Waals surface area contributed by atoms with Gasteiger partial charge in [-0.05, 0) is 33.4 Å². The van der Waals surface area contributed by atoms with Gasteiger partial charge in [-0.2, -0.15) is 0 Å². The lowest BCUT2D eigenvalue weighted by Crippen LogP contribution is -2.49. The van der Waals surface area contributed by atoms with Gasteiger partial charge in [0.15, 0.2) is 0 Å². The molecule has 0 bridgehead atoms. The van der Waals surface area contributed by atoms with Crippen LogP contribution in [-0.4, -0.2) is 48.2 Å². The first-order valence-electron chi connectivity index (χ1n) is 5.77. The molecule has 0 amide bonds. The van der Waals surface area contributed by atoms with Crippen LogP contribution in [-0.2, 0) is 4.79 Å². The molecule has 4 nitrogen and oxygen atoms in total. The third-order valence-corrected chi connectivity index (χ3v) is 3.15. The molecule has 1 aliphatic heterocycles. The number of aliphatic carboxylic acids is 1. The van der Waals surface area contributed by atoms with E-state index in [4.69, 9.17) is 5.11 Å². The lowest BCUT2D eigenvalue weighted by molar-refractivity contribution is -0.138. The van der Waals surface area contributed by atoms with E-state index >= 15 is 0 Å². The summed E-state index contributed by atoms with van der Waals surface area (Å²) >= 11 is 0. The van der Waals surface area contributed by atoms with E-state index in [9.17, 15) is 4.79 Å². The second-order valence-electron chi connectivity index (χ2n) is 4.39. The summed E-state index contributed by atoms with van der Waals surface area (Å²) < 4.78 is 0. The Morgan fingerprint density at radius 1 is 1.60 bits per heavy atom. The monoisotopic (exact) mass is 214 g/mol. The molecule has 4 heteroatoms. The van der Waals surface area contributed by atoms with Gasteiger partial charge in [0.2, 0.25) is 0 Å². The summed E-state index contributed by atoms with van der Waals surface area (Å²) in [5, 5.41) is 12.0. The van der Waals surface area contributed by atoms with Gasteiger partial charge in [-0.15, -0.1) is 0 Å². The van der Waals surface area contributed by atoms with E-state index in [2.05, 4.69) is 10.2 Å². The number of carboxylic acid groups (broad SMARTS) is 1. The third kappa shape index (κ3) is 3.80. The molecule has 0 aliphatic carbocycles. The van der Waals surface area contributed by atoms with E-state index in [0.717, 1.165) is 13.1 Å². The maximum atomic E-state index is 10.7. The largest absolute Gasteiger partial charge is 0.481 e. The van der Waals surface area contributed by atoms with Crippen LogP contribution in [0.5, 0.6) is 0 Å². The number of rotatable bonds is 5. The lowest BCUT2D eigenvalue weighted by atomic mass is 9.99. The van der Waals surface area contributed by atoms with Crippen molar-refractivity contribution < 1.29 is 9.90 Å². The normalized spacial score (nSPS) is 25.1. The zero-order valence-electron chi connectivity index (χ0n) is 9.70. The lowest BCUT2D eigenvalue weighted by Gasteiger charge is -2.39. The Hall–Kier alpha value is -0.610. The van der Waals surface area contributed by atoms with Crippen molar-refractivity contribution in [1.82, 2.24) is 10.2 Å². The zero-order chi connectivity index (χ0) is 11.3. The molecule has 1 fully saturated rings. The molecule has 0 radical (unpaired) electrons. The molecule has 2 unspecified atom stereocenters. The van der Waals surface area contributed by atoms with Crippen LogP contribution >= 0.6 is 0 Å². The standard InChI is InChI=1S/C11H22N2O2/c1-9(7-11(14)15)13-6-4-3-5-10(13)8-12-2/h9-10,12H,3-8H2,1-2H3,(H,14,15). The maximum Gasteiger partial charge on any atom is 0.304 e. The van der Waals surface area contributed by atoms with Crippen LogP contribution in [0, 0.1) is 0 Å². The number of carbonyl (C=O) groups is 1. The summed E-state index contributed by atoms with van der Waals surface area (Å²) in [7, 11) is 1.95. The van der Waals surface area contributed by atoms with Crippen molar-refractivity contribution in [2.75, 3.05) is 20.1 Å². The minimum Gasteiger partial charge on any atom is -0.481 e. The van der Waals surface area contributed by atoms with Crippen molar-refractivity contribution >= 4 is 5.97 Å². The Kier molecular flexibility index (Phi) is 5.05. The summed E-state index contributed by atoms with van der Waals surface area (Å²) in [5.41, 5.74) is 0. The number of carboxylic acids is 1. The summed E-state index contributed by atoms with van der Waals surface area (Å²) in [5.74, 6) is -0.698. The molecule has 2 atom stereocenters. The molecular weight excluding hydrogens is 192 g/mol. The van der Waals surface area contributed by atoms with E-state index in [1.54, 1.807) is 0 Å². The highest BCUT2D eigenvalue weighted by Gasteiger charge is 2.26. The molecule has 1 heterocycles. The van der Waals surface area contributed by atoms with Gasteiger partial charge in [-0.25, -0.2) is 0 Å². The fourth-order valence-electron chi connectivity index (χ4n) is 2.43. The average molecular weight is 214 g/mol. The van der Waals surface area contributed by atoms with Crippen molar-refractivity contribution in [1.29, 1.82) is 0 Å². The molecule has 0 saturated carbocycles. The third-order valence-electron chi connectivity index (χ3n) is 3.15. The van der Waals surface area contributed by atoms with Gasteiger partial charge in [-0.3, -0.25) is 9.69 Å². The Labute approximate surface area is 91.6 Å². The molecule has 0 spiro atoms. The first-order chi connectivity index (χ1) is 7.15. The van der Waals surface area contributed by atoms with Crippen LogP contribution < -0.4 is 5.32 Å². The minimum absolute atomic E-state index is 0.154. The fraction of sp³-hybridized carbons (Fsp3) is 0.909. The number of nitrogens with zero attached hydrogens (tertiary/aromatic N) is 1. The van der Waals surface area contributed by atoms with Gasteiger partial charge >= 0.3 is 5.97 Å². The maximum absolute atomic E-state index is 10.7. The molecular formula is C11H22N2O2. The number of hydrogen-bond donors (Lipinski definition) is 2. The number of nitrogens with one attached hydrogen (secondary N) is 1. The van der Waals surface area contributed by atoms with Gasteiger partial charge in [0.25, 0.3) is 0 Å². The molecule has 0 aromatic rings. The molecule has 2 N–H and O–H groups in total. The summed E-state index contributed by atoms with van der Waals surface area (Å²) in [4.78, 5) is 13.0. The van der Waals surface area contributed by atoms with E-state index in [1.807, 2.05) is 14.0 Å². The number of piperidine rings is 1. The van der Waals surface area contributed by atoms with Gasteiger partial charge in [-0.1, -0.05) is 6.42 Å². The predicted molar refractivity (Wildman–Crippen MR) is 60.0 cm³/mol. The topological polar surface area (TPSA) is 52.6 Å². The predicted octanol–water partition coefficient (Wildman–Crippen LogP) is 0.923. The average Bonchev–Trinajstić information content (AvgIpc) is 2.18. The van der Waals surface area contributed by atoms with Crippen molar-refractivity contribution in [3.63, 3.8) is 0 Å². The SMILES string of the molecule is CNCC1CCCCN1C(C)CC(=O)O. The van der Waals surface area contributed by atoms with E-state index in [1.165, 1.54) is 19.3 Å². The highest BCUT2D eigenvalue weighted by Crippen LogP contribution is 2.20. The fourth-order valence-corrected chi connectivity index (χ4v) is 2.43. The smallest absolute Gasteiger partial charge is 0.304 e. The summed E-state index contributed by atoms with van der Waals surface area (Å²) in [6.07, 6.45) is 3.90. The number of likely N-dealkylation sites (tertiary alicyclic amines) is 1. The minimum atomic E-state index is -0.698.